The Labute approximate surface area is 169 Å². The lowest BCUT2D eigenvalue weighted by Gasteiger charge is -2.33. The zero-order valence-electron chi connectivity index (χ0n) is 17.3. The predicted molar refractivity (Wildman–Crippen MR) is 113 cm³/mol. The molecule has 0 radical (unpaired) electrons. The van der Waals surface area contributed by atoms with Crippen LogP contribution in [0, 0.1) is 0 Å². The van der Waals surface area contributed by atoms with E-state index in [2.05, 4.69) is 51.2 Å². The van der Waals surface area contributed by atoms with Crippen molar-refractivity contribution in [1.29, 1.82) is 0 Å². The Morgan fingerprint density at radius 1 is 1.00 bits per heavy atom. The molecule has 2 aliphatic carbocycles. The van der Waals surface area contributed by atoms with Crippen LogP contribution in [0.15, 0.2) is 0 Å². The monoisotopic (exact) mass is 392 g/mol. The van der Waals surface area contributed by atoms with Gasteiger partial charge in [-0.2, -0.15) is 0 Å². The molecule has 1 heterocycles. The molecule has 0 unspecified atom stereocenters. The Morgan fingerprint density at radius 3 is 2.37 bits per heavy atom. The molecule has 0 saturated heterocycles. The minimum atomic E-state index is 0.461. The number of hydrogen-bond donors (Lipinski definition) is 0. The molecule has 0 atom stereocenters. The van der Waals surface area contributed by atoms with E-state index in [4.69, 9.17) is 12.2 Å². The Hall–Kier alpha value is -1.08. The number of thiocarbonyl (C=S) groups is 1. The number of nitrogens with zero attached hydrogens (tertiary/aromatic N) is 6. The van der Waals surface area contributed by atoms with E-state index < -0.39 is 0 Å². The van der Waals surface area contributed by atoms with Crippen LogP contribution < -0.4 is 0 Å². The van der Waals surface area contributed by atoms with Gasteiger partial charge in [0.05, 0.1) is 11.0 Å². The van der Waals surface area contributed by atoms with Crippen molar-refractivity contribution < 1.29 is 0 Å². The van der Waals surface area contributed by atoms with Gasteiger partial charge in [0.15, 0.2) is 5.82 Å². The van der Waals surface area contributed by atoms with E-state index in [1.807, 2.05) is 0 Å². The van der Waals surface area contributed by atoms with Gasteiger partial charge in [-0.1, -0.05) is 31.5 Å². The highest BCUT2D eigenvalue weighted by atomic mass is 32.1. The predicted octanol–water partition coefficient (Wildman–Crippen LogP) is 3.63. The van der Waals surface area contributed by atoms with Crippen molar-refractivity contribution in [1.82, 2.24) is 30.0 Å². The third kappa shape index (κ3) is 5.47. The molecule has 0 bridgehead atoms. The van der Waals surface area contributed by atoms with Crippen molar-refractivity contribution in [3.63, 3.8) is 0 Å². The van der Waals surface area contributed by atoms with Crippen LogP contribution in [0.4, 0.5) is 0 Å². The molecule has 0 amide bonds. The third-order valence-electron chi connectivity index (χ3n) is 6.61. The lowest BCUT2D eigenvalue weighted by Crippen LogP contribution is -2.37. The number of aryl methyl sites for hydroxylation is 1. The van der Waals surface area contributed by atoms with Gasteiger partial charge in [-0.25, -0.2) is 4.68 Å². The smallest absolute Gasteiger partial charge is 0.151 e. The second-order valence-corrected chi connectivity index (χ2v) is 9.09. The van der Waals surface area contributed by atoms with Crippen molar-refractivity contribution >= 4 is 17.2 Å². The van der Waals surface area contributed by atoms with Crippen molar-refractivity contribution in [3.05, 3.63) is 5.82 Å². The summed E-state index contributed by atoms with van der Waals surface area (Å²) in [5.74, 6) is 1.03. The standard InChI is InChI=1S/C20H36N6S/c1-24(2)16-12-14-18(15-13-16)26-19(21-22-23-26)10-7-11-20(27)25(3)17-8-5-4-6-9-17/h16-18H,4-15H2,1-3H3. The zero-order valence-corrected chi connectivity index (χ0v) is 18.1. The van der Waals surface area contributed by atoms with Crippen LogP contribution in [0.2, 0.25) is 0 Å². The van der Waals surface area contributed by atoms with E-state index in [0.29, 0.717) is 18.1 Å². The van der Waals surface area contributed by atoms with Crippen LogP contribution in [0.3, 0.4) is 0 Å². The largest absolute Gasteiger partial charge is 0.366 e. The van der Waals surface area contributed by atoms with Gasteiger partial charge in [0.2, 0.25) is 0 Å². The molecule has 0 aliphatic heterocycles. The Morgan fingerprint density at radius 2 is 1.70 bits per heavy atom. The van der Waals surface area contributed by atoms with Gasteiger partial charge < -0.3 is 9.80 Å². The summed E-state index contributed by atoms with van der Waals surface area (Å²) < 4.78 is 2.10. The molecule has 7 heteroatoms. The Kier molecular flexibility index (Phi) is 7.58. The molecule has 0 N–H and O–H groups in total. The average Bonchev–Trinajstić information content (AvgIpc) is 3.16. The fourth-order valence-corrected chi connectivity index (χ4v) is 5.02. The first-order chi connectivity index (χ1) is 13.1. The number of aromatic nitrogens is 4. The molecule has 0 aromatic carbocycles. The summed E-state index contributed by atoms with van der Waals surface area (Å²) in [5.41, 5.74) is 0. The molecule has 2 aliphatic rings. The highest BCUT2D eigenvalue weighted by Crippen LogP contribution is 2.30. The molecule has 1 aromatic heterocycles. The molecular weight excluding hydrogens is 356 g/mol. The fourth-order valence-electron chi connectivity index (χ4n) is 4.73. The van der Waals surface area contributed by atoms with E-state index in [-0.39, 0.29) is 0 Å². The summed E-state index contributed by atoms with van der Waals surface area (Å²) in [6.07, 6.45) is 14.4. The summed E-state index contributed by atoms with van der Waals surface area (Å²) in [5, 5.41) is 12.6. The lowest BCUT2D eigenvalue weighted by atomic mass is 9.90. The normalized spacial score (nSPS) is 24.3. The maximum Gasteiger partial charge on any atom is 0.151 e. The van der Waals surface area contributed by atoms with E-state index in [1.165, 1.54) is 57.8 Å². The summed E-state index contributed by atoms with van der Waals surface area (Å²) >= 11 is 5.71. The van der Waals surface area contributed by atoms with Crippen LogP contribution in [-0.4, -0.2) is 68.2 Å². The van der Waals surface area contributed by atoms with Gasteiger partial charge in [-0.3, -0.25) is 0 Å². The summed E-state index contributed by atoms with van der Waals surface area (Å²) in [7, 11) is 6.55. The quantitative estimate of drug-likeness (QED) is 0.661. The molecule has 152 valence electrons. The lowest BCUT2D eigenvalue weighted by molar-refractivity contribution is 0.186. The topological polar surface area (TPSA) is 50.1 Å². The van der Waals surface area contributed by atoms with Crippen molar-refractivity contribution in [2.24, 2.45) is 0 Å². The van der Waals surface area contributed by atoms with Gasteiger partial charge in [0.1, 0.15) is 0 Å². The van der Waals surface area contributed by atoms with Crippen LogP contribution in [0.25, 0.3) is 0 Å². The van der Waals surface area contributed by atoms with Gasteiger partial charge >= 0.3 is 0 Å². The van der Waals surface area contributed by atoms with Gasteiger partial charge in [0, 0.05) is 25.6 Å². The number of rotatable bonds is 7. The SMILES string of the molecule is CN(C)C1CCC(n2nnnc2CCCC(=S)N(C)C2CCCCC2)CC1. The highest BCUT2D eigenvalue weighted by Gasteiger charge is 2.26. The molecule has 2 saturated carbocycles. The molecule has 6 nitrogen and oxygen atoms in total. The van der Waals surface area contributed by atoms with Gasteiger partial charge in [0.25, 0.3) is 0 Å². The second-order valence-electron chi connectivity index (χ2n) is 8.62. The second kappa shape index (κ2) is 9.92. The van der Waals surface area contributed by atoms with Crippen LogP contribution >= 0.6 is 12.2 Å². The minimum absolute atomic E-state index is 0.461. The summed E-state index contributed by atoms with van der Waals surface area (Å²) in [6.45, 7) is 0. The van der Waals surface area contributed by atoms with Gasteiger partial charge in [-0.05, 0) is 75.9 Å². The maximum atomic E-state index is 5.71. The Bertz CT molecular complexity index is 587. The molecule has 3 rings (SSSR count). The first-order valence-electron chi connectivity index (χ1n) is 10.7. The molecule has 2 fully saturated rings. The molecule has 1 aromatic rings. The molecule has 0 spiro atoms. The number of hydrogen-bond acceptors (Lipinski definition) is 5. The maximum absolute atomic E-state index is 5.71. The summed E-state index contributed by atoms with van der Waals surface area (Å²) in [6, 6.07) is 1.82. The van der Waals surface area contributed by atoms with Crippen LogP contribution in [-0.2, 0) is 6.42 Å². The van der Waals surface area contributed by atoms with Crippen LogP contribution in [0.5, 0.6) is 0 Å². The van der Waals surface area contributed by atoms with Crippen molar-refractivity contribution in [2.45, 2.75) is 95.2 Å². The molecule has 27 heavy (non-hydrogen) atoms. The van der Waals surface area contributed by atoms with E-state index in [0.717, 1.165) is 30.1 Å². The van der Waals surface area contributed by atoms with Crippen molar-refractivity contribution in [3.8, 4) is 0 Å². The number of tetrazole rings is 1. The zero-order chi connectivity index (χ0) is 19.2. The highest BCUT2D eigenvalue weighted by molar-refractivity contribution is 7.80. The van der Waals surface area contributed by atoms with Crippen LogP contribution in [0.1, 0.15) is 82.5 Å². The van der Waals surface area contributed by atoms with E-state index in [9.17, 15) is 0 Å². The first kappa shape index (κ1) is 20.6. The summed E-state index contributed by atoms with van der Waals surface area (Å²) in [4.78, 5) is 5.81. The minimum Gasteiger partial charge on any atom is -0.366 e. The van der Waals surface area contributed by atoms with E-state index >= 15 is 0 Å². The fraction of sp³-hybridized carbons (Fsp3) is 0.900. The molecular formula is C20H36N6S. The third-order valence-corrected chi connectivity index (χ3v) is 7.10. The first-order valence-corrected chi connectivity index (χ1v) is 11.2. The van der Waals surface area contributed by atoms with E-state index in [1.54, 1.807) is 0 Å². The van der Waals surface area contributed by atoms with Crippen molar-refractivity contribution in [2.75, 3.05) is 21.1 Å². The van der Waals surface area contributed by atoms with Gasteiger partial charge in [-0.15, -0.1) is 5.10 Å². The Balaban J connectivity index is 1.45. The average molecular weight is 393 g/mol.